The summed E-state index contributed by atoms with van der Waals surface area (Å²) in [7, 11) is 4.87. The van der Waals surface area contributed by atoms with Crippen molar-refractivity contribution in [1.82, 2.24) is 0 Å². The van der Waals surface area contributed by atoms with Crippen molar-refractivity contribution in [1.29, 1.82) is 0 Å². The summed E-state index contributed by atoms with van der Waals surface area (Å²) in [5.41, 5.74) is 9.58. The molecule has 4 nitrogen and oxygen atoms in total. The molecule has 0 spiro atoms. The molecule has 124 valence electrons. The molecule has 2 aromatic rings. The zero-order valence-corrected chi connectivity index (χ0v) is 14.3. The van der Waals surface area contributed by atoms with Crippen LogP contribution in [0.1, 0.15) is 22.6 Å². The van der Waals surface area contributed by atoms with Gasteiger partial charge in [-0.25, -0.2) is 0 Å². The molecular weight excluding hydrogens is 290 g/mol. The second kappa shape index (κ2) is 7.88. The molecular formula is C19H25NO3. The monoisotopic (exact) mass is 315 g/mol. The summed E-state index contributed by atoms with van der Waals surface area (Å²) in [5.74, 6) is 2.09. The summed E-state index contributed by atoms with van der Waals surface area (Å²) in [4.78, 5) is 0. The van der Waals surface area contributed by atoms with Crippen molar-refractivity contribution < 1.29 is 14.2 Å². The summed E-state index contributed by atoms with van der Waals surface area (Å²) in [5, 5.41) is 0. The van der Waals surface area contributed by atoms with Gasteiger partial charge >= 0.3 is 0 Å². The van der Waals surface area contributed by atoms with Crippen molar-refractivity contribution in [3.63, 3.8) is 0 Å². The fourth-order valence-electron chi connectivity index (χ4n) is 2.77. The Hall–Kier alpha value is -2.20. The molecule has 0 bridgehead atoms. The van der Waals surface area contributed by atoms with Gasteiger partial charge in [-0.15, -0.1) is 0 Å². The lowest BCUT2D eigenvalue weighted by atomic mass is 9.90. The first kappa shape index (κ1) is 17.2. The van der Waals surface area contributed by atoms with Gasteiger partial charge < -0.3 is 19.9 Å². The highest BCUT2D eigenvalue weighted by Crippen LogP contribution is 2.43. The maximum Gasteiger partial charge on any atom is 0.203 e. The van der Waals surface area contributed by atoms with E-state index in [9.17, 15) is 0 Å². The topological polar surface area (TPSA) is 53.7 Å². The van der Waals surface area contributed by atoms with Crippen LogP contribution in [0, 0.1) is 6.92 Å². The lowest BCUT2D eigenvalue weighted by Crippen LogP contribution is -2.16. The summed E-state index contributed by atoms with van der Waals surface area (Å²) in [6, 6.07) is 12.4. The maximum absolute atomic E-state index is 6.04. The Morgan fingerprint density at radius 2 is 1.52 bits per heavy atom. The number of nitrogens with two attached hydrogens (primary N) is 1. The number of methoxy groups -OCH3 is 3. The summed E-state index contributed by atoms with van der Waals surface area (Å²) >= 11 is 0. The molecule has 1 atom stereocenters. The predicted molar refractivity (Wildman–Crippen MR) is 92.8 cm³/mol. The van der Waals surface area contributed by atoms with Gasteiger partial charge in [0.25, 0.3) is 0 Å². The molecule has 0 heterocycles. The molecule has 0 aromatic heterocycles. The molecule has 4 heteroatoms. The molecule has 0 saturated heterocycles. The molecule has 0 aliphatic carbocycles. The van der Waals surface area contributed by atoms with E-state index in [-0.39, 0.29) is 5.92 Å². The molecule has 0 saturated carbocycles. The van der Waals surface area contributed by atoms with Crippen LogP contribution in [0.3, 0.4) is 0 Å². The van der Waals surface area contributed by atoms with E-state index in [2.05, 4.69) is 31.2 Å². The first-order valence-corrected chi connectivity index (χ1v) is 7.69. The molecule has 0 aliphatic rings. The Bertz CT molecular complexity index is 638. The highest BCUT2D eigenvalue weighted by atomic mass is 16.5. The van der Waals surface area contributed by atoms with E-state index in [0.29, 0.717) is 23.8 Å². The van der Waals surface area contributed by atoms with E-state index in [4.69, 9.17) is 19.9 Å². The quantitative estimate of drug-likeness (QED) is 0.852. The third-order valence-corrected chi connectivity index (χ3v) is 4.06. The van der Waals surface area contributed by atoms with Crippen LogP contribution in [0.4, 0.5) is 0 Å². The smallest absolute Gasteiger partial charge is 0.203 e. The number of ether oxygens (including phenoxy) is 3. The zero-order valence-electron chi connectivity index (χ0n) is 14.3. The van der Waals surface area contributed by atoms with Crippen LogP contribution in [-0.2, 0) is 6.42 Å². The summed E-state index contributed by atoms with van der Waals surface area (Å²) in [6.45, 7) is 2.61. The third kappa shape index (κ3) is 3.77. The molecule has 2 N–H and O–H groups in total. The average Bonchev–Trinajstić information content (AvgIpc) is 2.59. The second-order valence-corrected chi connectivity index (χ2v) is 5.55. The summed E-state index contributed by atoms with van der Waals surface area (Å²) < 4.78 is 16.4. The second-order valence-electron chi connectivity index (χ2n) is 5.55. The van der Waals surface area contributed by atoms with Gasteiger partial charge in [0, 0.05) is 11.5 Å². The Balaban J connectivity index is 2.38. The van der Waals surface area contributed by atoms with Gasteiger partial charge in [-0.05, 0) is 31.5 Å². The Morgan fingerprint density at radius 1 is 0.870 bits per heavy atom. The number of hydrogen-bond donors (Lipinski definition) is 1. The van der Waals surface area contributed by atoms with E-state index in [1.807, 2.05) is 12.1 Å². The molecule has 23 heavy (non-hydrogen) atoms. The first-order chi connectivity index (χ1) is 11.1. The maximum atomic E-state index is 6.04. The fourth-order valence-corrected chi connectivity index (χ4v) is 2.77. The Labute approximate surface area is 138 Å². The molecule has 0 fully saturated rings. The van der Waals surface area contributed by atoms with Gasteiger partial charge in [0.05, 0.1) is 21.3 Å². The van der Waals surface area contributed by atoms with Crippen LogP contribution in [0.5, 0.6) is 17.2 Å². The SMILES string of the molecule is COc1ccc(C(CN)Cc2ccc(C)cc2)c(OC)c1OC. The van der Waals surface area contributed by atoms with Crippen LogP contribution in [-0.4, -0.2) is 27.9 Å². The van der Waals surface area contributed by atoms with E-state index in [0.717, 1.165) is 12.0 Å². The normalized spacial score (nSPS) is 11.9. The van der Waals surface area contributed by atoms with Crippen molar-refractivity contribution in [3.8, 4) is 17.2 Å². The van der Waals surface area contributed by atoms with Crippen molar-refractivity contribution >= 4 is 0 Å². The fraction of sp³-hybridized carbons (Fsp3) is 0.368. The lowest BCUT2D eigenvalue weighted by molar-refractivity contribution is 0.320. The van der Waals surface area contributed by atoms with Gasteiger partial charge in [-0.3, -0.25) is 0 Å². The highest BCUT2D eigenvalue weighted by Gasteiger charge is 2.21. The first-order valence-electron chi connectivity index (χ1n) is 7.69. The minimum Gasteiger partial charge on any atom is -0.493 e. The molecule has 2 rings (SSSR count). The van der Waals surface area contributed by atoms with Gasteiger partial charge in [-0.1, -0.05) is 35.9 Å². The van der Waals surface area contributed by atoms with E-state index < -0.39 is 0 Å². The molecule has 0 aliphatic heterocycles. The number of rotatable bonds is 7. The van der Waals surface area contributed by atoms with Crippen molar-refractivity contribution in [2.45, 2.75) is 19.3 Å². The Morgan fingerprint density at radius 3 is 2.04 bits per heavy atom. The van der Waals surface area contributed by atoms with E-state index >= 15 is 0 Å². The van der Waals surface area contributed by atoms with Gasteiger partial charge in [0.2, 0.25) is 5.75 Å². The van der Waals surface area contributed by atoms with Crippen LogP contribution in [0.15, 0.2) is 36.4 Å². The highest BCUT2D eigenvalue weighted by molar-refractivity contribution is 5.57. The number of hydrogen-bond acceptors (Lipinski definition) is 4. The minimum atomic E-state index is 0.146. The van der Waals surface area contributed by atoms with Crippen molar-refractivity contribution in [3.05, 3.63) is 53.1 Å². The standard InChI is InChI=1S/C19H25NO3/c1-13-5-7-14(8-6-13)11-15(12-20)16-9-10-17(21-2)19(23-4)18(16)22-3/h5-10,15H,11-12,20H2,1-4H3. The zero-order chi connectivity index (χ0) is 16.8. The predicted octanol–water partition coefficient (Wildman–Crippen LogP) is 3.31. The van der Waals surface area contributed by atoms with Crippen LogP contribution >= 0.6 is 0 Å². The lowest BCUT2D eigenvalue weighted by Gasteiger charge is -2.21. The van der Waals surface area contributed by atoms with E-state index in [1.54, 1.807) is 21.3 Å². The van der Waals surface area contributed by atoms with Crippen LogP contribution in [0.2, 0.25) is 0 Å². The molecule has 0 amide bonds. The minimum absolute atomic E-state index is 0.146. The largest absolute Gasteiger partial charge is 0.493 e. The molecule has 0 radical (unpaired) electrons. The number of benzene rings is 2. The van der Waals surface area contributed by atoms with Crippen LogP contribution < -0.4 is 19.9 Å². The van der Waals surface area contributed by atoms with Gasteiger partial charge in [0.15, 0.2) is 11.5 Å². The average molecular weight is 315 g/mol. The van der Waals surface area contributed by atoms with Crippen molar-refractivity contribution in [2.75, 3.05) is 27.9 Å². The Kier molecular flexibility index (Phi) is 5.88. The van der Waals surface area contributed by atoms with Crippen molar-refractivity contribution in [2.24, 2.45) is 5.73 Å². The van der Waals surface area contributed by atoms with Crippen LogP contribution in [0.25, 0.3) is 0 Å². The molecule has 1 unspecified atom stereocenters. The molecule has 2 aromatic carbocycles. The third-order valence-electron chi connectivity index (χ3n) is 4.06. The summed E-state index contributed by atoms with van der Waals surface area (Å²) in [6.07, 6.45) is 0.850. The van der Waals surface area contributed by atoms with Gasteiger partial charge in [-0.2, -0.15) is 0 Å². The van der Waals surface area contributed by atoms with E-state index in [1.165, 1.54) is 11.1 Å². The number of aryl methyl sites for hydroxylation is 1. The van der Waals surface area contributed by atoms with Gasteiger partial charge in [0.1, 0.15) is 0 Å².